The van der Waals surface area contributed by atoms with Gasteiger partial charge in [-0.25, -0.2) is 0 Å². The van der Waals surface area contributed by atoms with Gasteiger partial charge in [0.25, 0.3) is 5.78 Å². The van der Waals surface area contributed by atoms with Gasteiger partial charge in [-0.1, -0.05) is 37.1 Å². The lowest BCUT2D eigenvalue weighted by atomic mass is 9.96. The first kappa shape index (κ1) is 58.0. The molecule has 0 bridgehead atoms. The Hall–Kier alpha value is -7.76. The van der Waals surface area contributed by atoms with E-state index in [1.54, 1.807) is 12.1 Å². The average Bonchev–Trinajstić information content (AvgIpc) is 3.20. The van der Waals surface area contributed by atoms with E-state index in [-0.39, 0.29) is 99.7 Å². The Bertz CT molecular complexity index is 1980. The van der Waals surface area contributed by atoms with Crippen molar-refractivity contribution in [2.75, 3.05) is 28.4 Å². The Labute approximate surface area is 342 Å². The first-order chi connectivity index (χ1) is 26.1. The number of carbonyl (C=O) groups excluding carboxylic acids is 6. The highest BCUT2D eigenvalue weighted by atomic mass is 16.7. The van der Waals surface area contributed by atoms with Crippen molar-refractivity contribution in [1.29, 1.82) is 0 Å². The second-order valence-electron chi connectivity index (χ2n) is 10.1. The lowest BCUT2D eigenvalue weighted by Gasteiger charge is -2.12. The molecule has 18 heteroatoms. The molecule has 0 heterocycles. The Kier molecular flexibility index (Phi) is 29.0. The fourth-order valence-corrected chi connectivity index (χ4v) is 4.27. The number of carbonyl (C=O) groups is 6. The summed E-state index contributed by atoms with van der Waals surface area (Å²) in [7, 11) is 5.55. The average molecular weight is 823 g/mol. The number of ether oxygens (including phenoxy) is 4. The van der Waals surface area contributed by atoms with Crippen LogP contribution in [0.3, 0.4) is 0 Å². The number of aromatic hydroxyl groups is 2. The van der Waals surface area contributed by atoms with Crippen molar-refractivity contribution in [1.82, 2.24) is 0 Å². The van der Waals surface area contributed by atoms with Gasteiger partial charge in [0, 0.05) is 21.1 Å². The number of phenolic OH excluding ortho intramolecular Hbond substituents is 2. The van der Waals surface area contributed by atoms with Gasteiger partial charge in [0.2, 0.25) is 5.75 Å². The molecule has 0 amide bonds. The van der Waals surface area contributed by atoms with Crippen molar-refractivity contribution in [3.05, 3.63) is 127 Å². The number of ketones is 2. The lowest BCUT2D eigenvalue weighted by Crippen LogP contribution is -2.13. The summed E-state index contributed by atoms with van der Waals surface area (Å²) in [5.74, 6) is -0.858. The second-order valence-corrected chi connectivity index (χ2v) is 10.1. The molecule has 0 spiro atoms. The molecule has 0 unspecified atom stereocenters. The Morgan fingerprint density at radius 2 is 0.881 bits per heavy atom. The first-order valence-corrected chi connectivity index (χ1v) is 14.8. The summed E-state index contributed by atoms with van der Waals surface area (Å²) in [4.78, 5) is 81.1. The number of hydrogen-bond acceptors (Lipinski definition) is 18. The van der Waals surface area contributed by atoms with E-state index in [0.29, 0.717) is 47.4 Å². The van der Waals surface area contributed by atoms with Gasteiger partial charge in [-0.2, -0.15) is 20.4 Å². The molecular weight excluding hydrogens is 772 g/mol. The molecule has 0 saturated carbocycles. The third kappa shape index (κ3) is 15.7. The second kappa shape index (κ2) is 29.5. The van der Waals surface area contributed by atoms with E-state index in [1.165, 1.54) is 89.7 Å². The number of benzene rings is 2. The number of nitrogens with zero attached hydrogens (tertiary/aromatic N) is 4. The maximum Gasteiger partial charge on any atom is 0.261 e. The van der Waals surface area contributed by atoms with Crippen molar-refractivity contribution in [3.63, 3.8) is 0 Å². The zero-order valence-electron chi connectivity index (χ0n) is 28.8. The van der Waals surface area contributed by atoms with Gasteiger partial charge in [-0.3, -0.25) is 28.8 Å². The summed E-state index contributed by atoms with van der Waals surface area (Å²) in [5.41, 5.74) is 1.57. The van der Waals surface area contributed by atoms with E-state index < -0.39 is 5.78 Å². The highest BCUT2D eigenvalue weighted by Gasteiger charge is 2.22. The molecule has 318 valence electrons. The van der Waals surface area contributed by atoms with Crippen molar-refractivity contribution in [3.8, 4) is 23.0 Å². The third-order valence-corrected chi connectivity index (χ3v) is 6.81. The van der Waals surface area contributed by atoms with Crippen LogP contribution in [0, 0.1) is 9.93 Å². The van der Waals surface area contributed by atoms with Crippen LogP contribution in [0.1, 0.15) is 69.0 Å². The van der Waals surface area contributed by atoms with E-state index in [4.69, 9.17) is 28.9 Å². The molecule has 2 aromatic rings. The fourth-order valence-electron chi connectivity index (χ4n) is 4.27. The highest BCUT2D eigenvalue weighted by Crippen LogP contribution is 2.36. The highest BCUT2D eigenvalue weighted by molar-refractivity contribution is 6.28. The number of rotatable bonds is 13. The summed E-state index contributed by atoms with van der Waals surface area (Å²) in [6.07, 6.45) is 12.6. The van der Waals surface area contributed by atoms with Gasteiger partial charge in [0.15, 0.2) is 53.9 Å². The fraction of sp³-hybridized carbons (Fsp3) is 0.220. The minimum atomic E-state index is -0.632. The van der Waals surface area contributed by atoms with Crippen LogP contribution < -0.4 is 9.47 Å². The quantitative estimate of drug-likeness (QED) is 0.0670. The van der Waals surface area contributed by atoms with Crippen LogP contribution in [-0.4, -0.2) is 87.8 Å². The Balaban J connectivity index is -0.000000455. The molecule has 4 rings (SSSR count). The summed E-state index contributed by atoms with van der Waals surface area (Å²) in [6.45, 7) is 0. The number of hydrogen-bond donors (Lipinski definition) is 2. The van der Waals surface area contributed by atoms with Gasteiger partial charge in [0.1, 0.15) is 5.75 Å². The number of aldehydes is 4. The molecule has 59 heavy (non-hydrogen) atoms. The van der Waals surface area contributed by atoms with Crippen molar-refractivity contribution in [2.45, 2.75) is 37.1 Å². The van der Waals surface area contributed by atoms with Gasteiger partial charge in [-0.15, -0.1) is 0 Å². The molecular formula is C41H50N4O14. The van der Waals surface area contributed by atoms with Crippen LogP contribution in [0.5, 0.6) is 23.0 Å². The lowest BCUT2D eigenvalue weighted by molar-refractivity contribution is -0.118. The monoisotopic (exact) mass is 822 g/mol. The minimum absolute atomic E-state index is 0. The Morgan fingerprint density at radius 1 is 0.508 bits per heavy atom. The van der Waals surface area contributed by atoms with Crippen LogP contribution in [0.15, 0.2) is 115 Å². The molecule has 2 N–H and O–H groups in total. The molecule has 2 aromatic carbocycles. The van der Waals surface area contributed by atoms with E-state index in [0.717, 1.165) is 0 Å². The van der Waals surface area contributed by atoms with Crippen molar-refractivity contribution < 1.29 is 57.9 Å². The molecule has 0 aromatic heterocycles. The SMILES string of the molecule is C.C.C.C.C.COC1=CC(=CN=NC=C2C=C(C=O)C(=O)C(C=O)=C2)C=C(OC)C1=O.COc1cc(C=NN=Cc2cc(C=O)c(O)c(C=O)c2)cc(OC)c1O.O=O. The van der Waals surface area contributed by atoms with E-state index in [9.17, 15) is 39.0 Å². The van der Waals surface area contributed by atoms with Gasteiger partial charge in [-0.05, 0) is 59.7 Å². The number of azo groups is 1. The molecule has 0 fully saturated rings. The van der Waals surface area contributed by atoms with Crippen molar-refractivity contribution >= 4 is 49.1 Å². The van der Waals surface area contributed by atoms with E-state index in [1.807, 2.05) is 0 Å². The predicted molar refractivity (Wildman–Crippen MR) is 225 cm³/mol. The predicted octanol–water partition coefficient (Wildman–Crippen LogP) is 7.12. The maximum absolute atomic E-state index is 11.8. The molecule has 2 aliphatic rings. The maximum atomic E-state index is 11.8. The van der Waals surface area contributed by atoms with Gasteiger partial charge < -0.3 is 29.2 Å². The van der Waals surface area contributed by atoms with Crippen LogP contribution >= 0.6 is 0 Å². The van der Waals surface area contributed by atoms with Crippen LogP contribution in [0.25, 0.3) is 0 Å². The summed E-state index contributed by atoms with van der Waals surface area (Å²) >= 11 is 0. The normalized spacial score (nSPS) is 12.5. The standard InChI is InChI=1S/C18H16N2O6.C18H14N2O6.5CH4.O2/c2*1-25-15-5-12(6-16(26-2)18(15)24)8-20-19-7-11-3-13(9-21)17(23)14(4-11)10-22;;;;;;1-2/h3-10,23-24H,1-2H3;3-10H,1-2H3;5*1H4;. The van der Waals surface area contributed by atoms with Crippen LogP contribution in [-0.2, 0) is 28.7 Å². The molecule has 18 nitrogen and oxygen atoms in total. The Morgan fingerprint density at radius 3 is 1.22 bits per heavy atom. The van der Waals surface area contributed by atoms with E-state index >= 15 is 0 Å². The van der Waals surface area contributed by atoms with Crippen molar-refractivity contribution in [2.24, 2.45) is 20.4 Å². The van der Waals surface area contributed by atoms with E-state index in [2.05, 4.69) is 20.4 Å². The zero-order valence-corrected chi connectivity index (χ0v) is 28.8. The topological polar surface area (TPSA) is 263 Å². The van der Waals surface area contributed by atoms with Gasteiger partial charge in [0.05, 0.1) is 75.5 Å². The van der Waals surface area contributed by atoms with Gasteiger partial charge >= 0.3 is 0 Å². The minimum Gasteiger partial charge on any atom is -0.506 e. The third-order valence-electron chi connectivity index (χ3n) is 6.81. The summed E-state index contributed by atoms with van der Waals surface area (Å²) in [5, 5.41) is 34.9. The molecule has 0 aliphatic heterocycles. The number of Topliss-reactive ketones (excluding diaryl/α,β-unsaturated/α-hetero) is 2. The first-order valence-electron chi connectivity index (χ1n) is 14.8. The molecule has 2 aliphatic carbocycles. The number of methoxy groups -OCH3 is 4. The van der Waals surface area contributed by atoms with Crippen LogP contribution in [0.4, 0.5) is 0 Å². The van der Waals surface area contributed by atoms with Crippen LogP contribution in [0.2, 0.25) is 0 Å². The summed E-state index contributed by atoms with van der Waals surface area (Å²) < 4.78 is 20.0. The molecule has 0 atom stereocenters. The number of allylic oxidation sites excluding steroid dienone is 8. The number of phenols is 2. The molecule has 0 radical (unpaired) electrons. The largest absolute Gasteiger partial charge is 0.506 e. The smallest absolute Gasteiger partial charge is 0.261 e. The summed E-state index contributed by atoms with van der Waals surface area (Å²) in [6, 6.07) is 5.85. The zero-order chi connectivity index (χ0) is 40.2. The molecule has 0 saturated heterocycles.